The van der Waals surface area contributed by atoms with Crippen LogP contribution in [0.1, 0.15) is 22.3 Å². The number of aliphatic hydroxyl groups is 1. The summed E-state index contributed by atoms with van der Waals surface area (Å²) in [6.45, 7) is 0. The Morgan fingerprint density at radius 1 is 1.00 bits per heavy atom. The molecule has 13 heteroatoms. The highest BCUT2D eigenvalue weighted by Gasteiger charge is 2.69. The molecule has 0 saturated heterocycles. The maximum absolute atomic E-state index is 14.1. The molecule has 13 nitrogen and oxygen atoms in total. The van der Waals surface area contributed by atoms with Crippen LogP contribution in [0.4, 0.5) is 21.9 Å². The van der Waals surface area contributed by atoms with E-state index in [1.54, 1.807) is 49.3 Å². The van der Waals surface area contributed by atoms with Crippen LogP contribution in [0.3, 0.4) is 0 Å². The number of nitrogens with zero attached hydrogens (tertiary/aromatic N) is 2. The first-order valence-electron chi connectivity index (χ1n) is 13.7. The lowest BCUT2D eigenvalue weighted by Crippen LogP contribution is -2.74. The van der Waals surface area contributed by atoms with Crippen LogP contribution < -0.4 is 21.3 Å². The second kappa shape index (κ2) is 10.6. The van der Waals surface area contributed by atoms with Crippen LogP contribution >= 0.6 is 0 Å². The van der Waals surface area contributed by atoms with Gasteiger partial charge in [-0.2, -0.15) is 0 Å². The molecule has 0 heterocycles. The minimum Gasteiger partial charge on any atom is -0.505 e. The molecule has 3 amide bonds. The number of Topliss-reactive ketones (excluding diaryl/α,β-unsaturated/α-hetero) is 4. The van der Waals surface area contributed by atoms with Crippen LogP contribution in [0.25, 0.3) is 0 Å². The van der Waals surface area contributed by atoms with Gasteiger partial charge in [-0.15, -0.1) is 0 Å². The number of anilines is 3. The van der Waals surface area contributed by atoms with Gasteiger partial charge in [0.05, 0.1) is 23.2 Å². The summed E-state index contributed by atoms with van der Waals surface area (Å²) in [5, 5.41) is 28.2. The van der Waals surface area contributed by atoms with E-state index in [0.29, 0.717) is 16.9 Å². The fourth-order valence-electron chi connectivity index (χ4n) is 6.95. The number of benzene rings is 2. The van der Waals surface area contributed by atoms with E-state index in [1.807, 2.05) is 0 Å². The second-order valence-electron chi connectivity index (χ2n) is 11.8. The summed E-state index contributed by atoms with van der Waals surface area (Å²) in [5.41, 5.74) is 3.64. The van der Waals surface area contributed by atoms with Crippen molar-refractivity contribution >= 4 is 52.1 Å². The van der Waals surface area contributed by atoms with Gasteiger partial charge in [0.15, 0.2) is 34.7 Å². The van der Waals surface area contributed by atoms with E-state index in [1.165, 1.54) is 25.1 Å². The van der Waals surface area contributed by atoms with Gasteiger partial charge in [0.1, 0.15) is 5.75 Å². The number of urea groups is 1. The van der Waals surface area contributed by atoms with Gasteiger partial charge >= 0.3 is 6.03 Å². The first kappa shape index (κ1) is 29.9. The number of hydrogen-bond acceptors (Lipinski definition) is 10. The van der Waals surface area contributed by atoms with Gasteiger partial charge < -0.3 is 31.5 Å². The molecule has 0 aliphatic heterocycles. The summed E-state index contributed by atoms with van der Waals surface area (Å²) in [6.07, 6.45) is 0.0421. The Bertz CT molecular complexity index is 1570. The average Bonchev–Trinajstić information content (AvgIpc) is 2.92. The Morgan fingerprint density at radius 3 is 2.23 bits per heavy atom. The van der Waals surface area contributed by atoms with E-state index in [-0.39, 0.29) is 24.1 Å². The molecule has 5 rings (SSSR count). The molecule has 0 radical (unpaired) electrons. The summed E-state index contributed by atoms with van der Waals surface area (Å²) in [5.74, 6) is -11.5. The van der Waals surface area contributed by atoms with E-state index >= 15 is 0 Å². The number of ketones is 4. The number of fused-ring (bicyclic) bond motifs is 3. The van der Waals surface area contributed by atoms with Crippen molar-refractivity contribution in [3.63, 3.8) is 0 Å². The molecular weight excluding hydrogens is 558 g/mol. The van der Waals surface area contributed by atoms with Gasteiger partial charge in [0, 0.05) is 31.4 Å². The van der Waals surface area contributed by atoms with E-state index in [4.69, 9.17) is 5.73 Å². The van der Waals surface area contributed by atoms with Crippen molar-refractivity contribution in [3.05, 3.63) is 47.5 Å². The van der Waals surface area contributed by atoms with Crippen molar-refractivity contribution in [2.24, 2.45) is 29.4 Å². The monoisotopic (exact) mass is 591 g/mol. The predicted molar refractivity (Wildman–Crippen MR) is 155 cm³/mol. The summed E-state index contributed by atoms with van der Waals surface area (Å²) in [6, 6.07) is 8.20. The lowest BCUT2D eigenvalue weighted by molar-refractivity contribution is -0.181. The smallest absolute Gasteiger partial charge is 0.323 e. The maximum atomic E-state index is 14.1. The van der Waals surface area contributed by atoms with E-state index in [9.17, 15) is 39.0 Å². The number of nitrogens with one attached hydrogen (secondary N) is 2. The number of phenolic OH excluding ortho intramolecular Hbond substituents is 1. The normalized spacial score (nSPS) is 28.1. The third-order valence-corrected chi connectivity index (χ3v) is 8.80. The van der Waals surface area contributed by atoms with E-state index < -0.39 is 76.1 Å². The van der Waals surface area contributed by atoms with Gasteiger partial charge in [0.2, 0.25) is 5.91 Å². The minimum atomic E-state index is -2.82. The van der Waals surface area contributed by atoms with Crippen LogP contribution in [0.15, 0.2) is 36.4 Å². The lowest BCUT2D eigenvalue weighted by atomic mass is 9.52. The molecule has 0 aromatic heterocycles. The second-order valence-corrected chi connectivity index (χ2v) is 11.8. The highest BCUT2D eigenvalue weighted by Crippen LogP contribution is 2.52. The van der Waals surface area contributed by atoms with Crippen molar-refractivity contribution in [3.8, 4) is 5.75 Å². The molecule has 3 aliphatic rings. The van der Waals surface area contributed by atoms with Crippen LogP contribution in [0.2, 0.25) is 0 Å². The molecule has 2 aromatic rings. The molecule has 6 N–H and O–H groups in total. The first-order valence-corrected chi connectivity index (χ1v) is 13.7. The number of aromatic hydroxyl groups is 1. The fraction of sp³-hybridized carbons (Fsp3) is 0.400. The molecule has 3 aliphatic carbocycles. The molecule has 226 valence electrons. The van der Waals surface area contributed by atoms with Gasteiger partial charge in [-0.1, -0.05) is 18.2 Å². The molecule has 6 atom stereocenters. The van der Waals surface area contributed by atoms with Crippen molar-refractivity contribution in [1.29, 1.82) is 0 Å². The zero-order chi connectivity index (χ0) is 31.5. The van der Waals surface area contributed by atoms with Crippen LogP contribution in [-0.4, -0.2) is 90.0 Å². The van der Waals surface area contributed by atoms with Crippen molar-refractivity contribution in [2.45, 2.75) is 24.5 Å². The molecule has 0 bridgehead atoms. The quantitative estimate of drug-likeness (QED) is 0.242. The van der Waals surface area contributed by atoms with E-state index in [2.05, 4.69) is 10.6 Å². The Labute approximate surface area is 247 Å². The minimum absolute atomic E-state index is 0.0585. The van der Waals surface area contributed by atoms with Crippen LogP contribution in [-0.2, 0) is 25.6 Å². The zero-order valence-corrected chi connectivity index (χ0v) is 24.1. The van der Waals surface area contributed by atoms with Crippen LogP contribution in [0, 0.1) is 23.7 Å². The Kier molecular flexibility index (Phi) is 7.35. The summed E-state index contributed by atoms with van der Waals surface area (Å²) in [4.78, 5) is 82.9. The fourth-order valence-corrected chi connectivity index (χ4v) is 6.95. The highest BCUT2D eigenvalue weighted by molar-refractivity contribution is 6.32. The Balaban J connectivity index is 1.58. The molecule has 2 aromatic carbocycles. The van der Waals surface area contributed by atoms with Crippen molar-refractivity contribution < 1.29 is 39.0 Å². The number of nitrogens with two attached hydrogens (primary N) is 1. The average molecular weight is 592 g/mol. The zero-order valence-electron chi connectivity index (χ0n) is 24.1. The van der Waals surface area contributed by atoms with Gasteiger partial charge in [-0.05, 0) is 56.6 Å². The van der Waals surface area contributed by atoms with Crippen LogP contribution in [0.5, 0.6) is 5.75 Å². The Hall–Kier alpha value is -4.62. The van der Waals surface area contributed by atoms with Gasteiger partial charge in [0.25, 0.3) is 0 Å². The number of likely N-dealkylation sites (N-methyl/N-ethyl adjacent to an activating group) is 1. The topological polar surface area (TPSA) is 199 Å². The van der Waals surface area contributed by atoms with Gasteiger partial charge in [-0.25, -0.2) is 4.79 Å². The number of carbonyl (C=O) groups is 6. The summed E-state index contributed by atoms with van der Waals surface area (Å²) < 4.78 is 0. The molecule has 3 unspecified atom stereocenters. The molecule has 43 heavy (non-hydrogen) atoms. The lowest BCUT2D eigenvalue weighted by Gasteiger charge is -2.52. The number of para-hydroxylation sites is 1. The van der Waals surface area contributed by atoms with Gasteiger partial charge in [-0.3, -0.25) is 28.9 Å². The third-order valence-electron chi connectivity index (χ3n) is 8.80. The SMILES string of the molecule is CN(C)c1cc(NC(=O)Nc2ccccc2)c(O)c2c1C[C@H]1C[C@H]3C(N(C)C)C(=O)C(C(N)=O)C(=O)[C@@]3(O)C(=O)C1C2=O. The first-order chi connectivity index (χ1) is 20.2. The third kappa shape index (κ3) is 4.55. The van der Waals surface area contributed by atoms with E-state index in [0.717, 1.165) is 0 Å². The number of carbonyl (C=O) groups excluding carboxylic acids is 6. The predicted octanol–water partition coefficient (Wildman–Crippen LogP) is 0.577. The molecule has 0 spiro atoms. The largest absolute Gasteiger partial charge is 0.505 e. The molecule has 2 saturated carbocycles. The number of hydrogen-bond donors (Lipinski definition) is 5. The summed E-state index contributed by atoms with van der Waals surface area (Å²) >= 11 is 0. The number of rotatable bonds is 5. The van der Waals surface area contributed by atoms with Crippen molar-refractivity contribution in [1.82, 2.24) is 4.90 Å². The standard InChI is InChI=1S/C30H33N5O8/c1-34(2)18-12-17(33-29(42)32-14-8-6-5-7-9-14)23(36)20-15(18)10-13-11-16-22(35(3)4)25(38)21(28(31)41)27(40)30(16,43)26(39)19(13)24(20)37/h5-9,12-13,16,19,21-22,36,43H,10-11H2,1-4H3,(H2,31,41)(H2,32,33,42)/t13-,16-,19?,21?,22?,30-/m0/s1. The summed E-state index contributed by atoms with van der Waals surface area (Å²) in [7, 11) is 6.48. The molecule has 2 fully saturated rings. The van der Waals surface area contributed by atoms with Crippen molar-refractivity contribution in [2.75, 3.05) is 43.7 Å². The highest BCUT2D eigenvalue weighted by atomic mass is 16.3. The number of phenols is 1. The Morgan fingerprint density at radius 2 is 1.65 bits per heavy atom. The number of primary amides is 1. The molecular formula is C30H33N5O8. The number of amides is 3. The maximum Gasteiger partial charge on any atom is 0.323 e.